The molecule has 4 aliphatic rings. The molecule has 13 heteroatoms. The fraction of sp³-hybridized carbons (Fsp3) is 0.270. The van der Waals surface area contributed by atoms with Crippen molar-refractivity contribution in [2.24, 2.45) is 0 Å². The minimum atomic E-state index is -0.626. The van der Waals surface area contributed by atoms with Crippen LogP contribution in [0.25, 0.3) is 0 Å². The molecule has 1 saturated heterocycles. The Labute approximate surface area is 288 Å². The van der Waals surface area contributed by atoms with Crippen LogP contribution in [0.1, 0.15) is 42.2 Å². The summed E-state index contributed by atoms with van der Waals surface area (Å²) in [6, 6.07) is 19.9. The van der Waals surface area contributed by atoms with Gasteiger partial charge in [-0.2, -0.15) is 0 Å². The topological polar surface area (TPSA) is 149 Å². The van der Waals surface area contributed by atoms with Crippen LogP contribution in [0.3, 0.4) is 0 Å². The minimum Gasteiger partial charge on any atom is -0.486 e. The third kappa shape index (κ3) is 7.16. The van der Waals surface area contributed by atoms with E-state index < -0.39 is 18.1 Å². The summed E-state index contributed by atoms with van der Waals surface area (Å²) < 4.78 is 23.7. The number of likely N-dealkylation sites (tertiary alicyclic amines) is 1. The predicted octanol–water partition coefficient (Wildman–Crippen LogP) is 2.84. The van der Waals surface area contributed by atoms with Crippen LogP contribution in [-0.2, 0) is 17.9 Å². The Balaban J connectivity index is 1.19. The lowest BCUT2D eigenvalue weighted by molar-refractivity contribution is -0.123. The van der Waals surface area contributed by atoms with Crippen LogP contribution in [0.4, 0.5) is 0 Å². The highest BCUT2D eigenvalue weighted by atomic mass is 16.6. The van der Waals surface area contributed by atoms with Crippen molar-refractivity contribution in [1.82, 2.24) is 25.4 Å². The zero-order valence-corrected chi connectivity index (χ0v) is 27.3. The van der Waals surface area contributed by atoms with Gasteiger partial charge in [-0.3, -0.25) is 24.2 Å². The maximum absolute atomic E-state index is 14.0. The number of hydrogen-bond donors (Lipinski definition) is 2. The molecule has 2 N–H and O–H groups in total. The lowest BCUT2D eigenvalue weighted by Crippen LogP contribution is -2.45. The van der Waals surface area contributed by atoms with Gasteiger partial charge in [0, 0.05) is 50.2 Å². The van der Waals surface area contributed by atoms with E-state index in [2.05, 4.69) is 15.6 Å². The summed E-state index contributed by atoms with van der Waals surface area (Å²) in [4.78, 5) is 61.4. The molecular formula is C37H35N5O8. The lowest BCUT2D eigenvalue weighted by atomic mass is 10.1. The fourth-order valence-corrected chi connectivity index (χ4v) is 6.12. The van der Waals surface area contributed by atoms with E-state index in [1.807, 2.05) is 18.2 Å². The van der Waals surface area contributed by atoms with Gasteiger partial charge in [-0.15, -0.1) is 0 Å². The third-order valence-corrected chi connectivity index (χ3v) is 8.64. The van der Waals surface area contributed by atoms with Crippen molar-refractivity contribution < 1.29 is 38.1 Å². The van der Waals surface area contributed by atoms with Crippen LogP contribution in [0.15, 0.2) is 85.2 Å². The van der Waals surface area contributed by atoms with Gasteiger partial charge in [0.05, 0.1) is 18.2 Å². The van der Waals surface area contributed by atoms with Crippen LogP contribution in [0.2, 0.25) is 0 Å². The average molecular weight is 678 g/mol. The maximum atomic E-state index is 14.0. The Bertz CT molecular complexity index is 1920. The average Bonchev–Trinajstić information content (AvgIpc) is 3.54. The van der Waals surface area contributed by atoms with Crippen molar-refractivity contribution in [2.75, 3.05) is 40.0 Å². The molecule has 4 amide bonds. The fourth-order valence-electron chi connectivity index (χ4n) is 6.12. The first kappa shape index (κ1) is 32.4. The highest BCUT2D eigenvalue weighted by Gasteiger charge is 2.39. The molecule has 8 rings (SSSR count). The van der Waals surface area contributed by atoms with Crippen LogP contribution in [0, 0.1) is 0 Å². The number of carbonyl (C=O) groups excluding carboxylic acids is 4. The molecule has 0 saturated carbocycles. The van der Waals surface area contributed by atoms with E-state index in [1.54, 1.807) is 60.7 Å². The molecule has 0 radical (unpaired) electrons. The van der Waals surface area contributed by atoms with E-state index >= 15 is 0 Å². The van der Waals surface area contributed by atoms with Crippen LogP contribution >= 0.6 is 0 Å². The molecule has 13 nitrogen and oxygen atoms in total. The molecule has 1 fully saturated rings. The number of aromatic nitrogens is 1. The molecule has 4 aliphatic heterocycles. The summed E-state index contributed by atoms with van der Waals surface area (Å²) in [6.45, 7) is 1.26. The summed E-state index contributed by atoms with van der Waals surface area (Å²) >= 11 is 0. The van der Waals surface area contributed by atoms with Crippen molar-refractivity contribution in [3.8, 4) is 23.0 Å². The molecular weight excluding hydrogens is 642 g/mol. The maximum Gasteiger partial charge on any atom is 0.258 e. The molecule has 0 aliphatic carbocycles. The molecule has 50 heavy (non-hydrogen) atoms. The molecule has 1 aromatic heterocycles. The number of fused-ring (bicyclic) bond motifs is 8. The number of hydrogen-bond acceptors (Lipinski definition) is 9. The van der Waals surface area contributed by atoms with Crippen molar-refractivity contribution >= 4 is 23.6 Å². The zero-order valence-electron chi connectivity index (χ0n) is 27.3. The van der Waals surface area contributed by atoms with Gasteiger partial charge < -0.3 is 39.4 Å². The number of para-hydroxylation sites is 1. The number of benzene rings is 3. The van der Waals surface area contributed by atoms with Crippen LogP contribution in [0.5, 0.6) is 23.0 Å². The van der Waals surface area contributed by atoms with E-state index in [0.717, 1.165) is 11.1 Å². The molecule has 4 bridgehead atoms. The Kier molecular flexibility index (Phi) is 9.19. The molecule has 3 aromatic carbocycles. The summed E-state index contributed by atoms with van der Waals surface area (Å²) in [5.41, 5.74) is 2.36. The second-order valence-electron chi connectivity index (χ2n) is 12.3. The molecule has 2 atom stereocenters. The summed E-state index contributed by atoms with van der Waals surface area (Å²) in [5, 5.41) is 5.85. The molecule has 256 valence electrons. The summed E-state index contributed by atoms with van der Waals surface area (Å²) in [7, 11) is 1.65. The number of ether oxygens (including phenoxy) is 4. The van der Waals surface area contributed by atoms with Gasteiger partial charge in [0.25, 0.3) is 23.6 Å². The van der Waals surface area contributed by atoms with Crippen LogP contribution in [-0.4, -0.2) is 90.5 Å². The highest BCUT2D eigenvalue weighted by Crippen LogP contribution is 2.35. The number of amides is 4. The predicted molar refractivity (Wildman–Crippen MR) is 179 cm³/mol. The normalized spacial score (nSPS) is 18.5. The third-order valence-electron chi connectivity index (χ3n) is 8.64. The van der Waals surface area contributed by atoms with E-state index in [-0.39, 0.29) is 67.4 Å². The van der Waals surface area contributed by atoms with Gasteiger partial charge in [-0.05, 0) is 59.7 Å². The van der Waals surface area contributed by atoms with Crippen molar-refractivity contribution in [1.29, 1.82) is 0 Å². The Morgan fingerprint density at radius 1 is 0.940 bits per heavy atom. The Morgan fingerprint density at radius 3 is 2.60 bits per heavy atom. The smallest absolute Gasteiger partial charge is 0.258 e. The Hall–Kier alpha value is -6.11. The van der Waals surface area contributed by atoms with Gasteiger partial charge in [-0.25, -0.2) is 0 Å². The van der Waals surface area contributed by atoms with Crippen molar-refractivity contribution in [3.05, 3.63) is 113 Å². The van der Waals surface area contributed by atoms with Crippen molar-refractivity contribution in [2.45, 2.75) is 25.2 Å². The quantitative estimate of drug-likeness (QED) is 0.333. The lowest BCUT2D eigenvalue weighted by Gasteiger charge is -2.23. The highest BCUT2D eigenvalue weighted by molar-refractivity contribution is 6.01. The van der Waals surface area contributed by atoms with Gasteiger partial charge in [0.2, 0.25) is 0 Å². The van der Waals surface area contributed by atoms with E-state index in [9.17, 15) is 19.2 Å². The number of nitrogens with zero attached hydrogens (tertiary/aromatic N) is 3. The van der Waals surface area contributed by atoms with E-state index in [1.165, 1.54) is 23.1 Å². The van der Waals surface area contributed by atoms with Gasteiger partial charge >= 0.3 is 0 Å². The number of nitrogens with one attached hydrogen (secondary N) is 2. The first-order valence-electron chi connectivity index (χ1n) is 16.2. The minimum absolute atomic E-state index is 0.139. The largest absolute Gasteiger partial charge is 0.486 e. The number of pyridine rings is 1. The Morgan fingerprint density at radius 2 is 1.78 bits per heavy atom. The van der Waals surface area contributed by atoms with E-state index in [4.69, 9.17) is 18.9 Å². The van der Waals surface area contributed by atoms with Gasteiger partial charge in [-0.1, -0.05) is 24.3 Å². The van der Waals surface area contributed by atoms with E-state index in [0.29, 0.717) is 36.0 Å². The molecule has 0 unspecified atom stereocenters. The van der Waals surface area contributed by atoms with Crippen LogP contribution < -0.4 is 29.6 Å². The van der Waals surface area contributed by atoms with Gasteiger partial charge in [0.1, 0.15) is 30.8 Å². The van der Waals surface area contributed by atoms with Gasteiger partial charge in [0.15, 0.2) is 18.1 Å². The number of rotatable bonds is 4. The molecule has 0 spiro atoms. The SMILES string of the molecule is CN(Cc1cccnc1)C(=O)c1cc2cc(c1)C(=O)N[C@H]1CN(C(=O)c3cccc4c3OCCO4)C[C@@H]1Oc1ccc(cc1)CNC(=O)CO2. The molecule has 5 heterocycles. The summed E-state index contributed by atoms with van der Waals surface area (Å²) in [6.07, 6.45) is 2.71. The standard InChI is InChI=1S/C37H35N5O8/c1-41(19-24-4-3-11-38-17-24)36(45)26-14-25-15-28(16-26)49-22-33(43)39-18-23-7-9-27(10-8-23)50-32-21-42(20-30(32)40-35(25)44)37(46)29-5-2-6-31-34(29)48-13-12-47-31/h2-11,14-17,30,32H,12-13,18-22H2,1H3,(H,39,43)(H,40,44)/t30-,32-/m0/s1. The summed E-state index contributed by atoms with van der Waals surface area (Å²) in [5.74, 6) is 0.0692. The second kappa shape index (κ2) is 14.2. The number of carbonyl (C=O) groups is 4. The van der Waals surface area contributed by atoms with Crippen molar-refractivity contribution in [3.63, 3.8) is 0 Å². The first-order valence-corrected chi connectivity index (χ1v) is 16.2. The second-order valence-corrected chi connectivity index (χ2v) is 12.3. The first-order chi connectivity index (χ1) is 24.3. The molecule has 4 aromatic rings. The monoisotopic (exact) mass is 677 g/mol. The zero-order chi connectivity index (χ0) is 34.6.